The average molecular weight is 324 g/mol. The summed E-state index contributed by atoms with van der Waals surface area (Å²) in [6.07, 6.45) is 1.45. The number of carbonyl (C=O) groups excluding carboxylic acids is 2. The summed E-state index contributed by atoms with van der Waals surface area (Å²) in [5.41, 5.74) is 3.37. The van der Waals surface area contributed by atoms with Gasteiger partial charge in [-0.2, -0.15) is 0 Å². The number of rotatable bonds is 2. The van der Waals surface area contributed by atoms with E-state index >= 15 is 0 Å². The zero-order valence-electron chi connectivity index (χ0n) is 13.7. The Balaban J connectivity index is 2.10. The van der Waals surface area contributed by atoms with Gasteiger partial charge in [0.25, 0.3) is 5.91 Å². The molecule has 0 saturated heterocycles. The van der Waals surface area contributed by atoms with Crippen molar-refractivity contribution >= 4 is 28.4 Å². The molecule has 5 heteroatoms. The standard InChI is InChI=1S/C19H17FN2O2/c1-11-5-4-6-12(2)18(11)21-19(24)16-10-22(13(3)23)17-8-7-14(20)9-15(16)17/h4-10H,1-3H3,(H,21,24). The number of nitrogens with zero attached hydrogens (tertiary/aromatic N) is 1. The van der Waals surface area contributed by atoms with Gasteiger partial charge in [-0.25, -0.2) is 4.39 Å². The van der Waals surface area contributed by atoms with Crippen molar-refractivity contribution in [3.05, 3.63) is 65.1 Å². The summed E-state index contributed by atoms with van der Waals surface area (Å²) in [6.45, 7) is 5.21. The number of benzene rings is 2. The molecule has 2 aromatic carbocycles. The zero-order valence-corrected chi connectivity index (χ0v) is 13.7. The van der Waals surface area contributed by atoms with Crippen LogP contribution in [0.25, 0.3) is 10.9 Å². The van der Waals surface area contributed by atoms with E-state index in [1.165, 1.54) is 35.9 Å². The number of hydrogen-bond donors (Lipinski definition) is 1. The minimum Gasteiger partial charge on any atom is -0.321 e. The van der Waals surface area contributed by atoms with E-state index in [2.05, 4.69) is 5.32 Å². The molecular formula is C19H17FN2O2. The molecule has 0 atom stereocenters. The molecular weight excluding hydrogens is 307 g/mol. The van der Waals surface area contributed by atoms with Crippen LogP contribution in [0.5, 0.6) is 0 Å². The van der Waals surface area contributed by atoms with Gasteiger partial charge in [0, 0.05) is 24.2 Å². The lowest BCUT2D eigenvalue weighted by molar-refractivity contribution is 0.0941. The summed E-state index contributed by atoms with van der Waals surface area (Å²) >= 11 is 0. The molecule has 3 rings (SSSR count). The summed E-state index contributed by atoms with van der Waals surface area (Å²) in [5.74, 6) is -1.06. The number of nitrogens with one attached hydrogen (secondary N) is 1. The Morgan fingerprint density at radius 3 is 2.38 bits per heavy atom. The molecule has 0 radical (unpaired) electrons. The van der Waals surface area contributed by atoms with E-state index in [0.717, 1.165) is 16.8 Å². The maximum atomic E-state index is 13.6. The number of fused-ring (bicyclic) bond motifs is 1. The molecule has 0 bridgehead atoms. The van der Waals surface area contributed by atoms with Crippen LogP contribution in [0.4, 0.5) is 10.1 Å². The minimum absolute atomic E-state index is 0.238. The fourth-order valence-electron chi connectivity index (χ4n) is 2.84. The highest BCUT2D eigenvalue weighted by molar-refractivity contribution is 6.14. The van der Waals surface area contributed by atoms with E-state index in [1.54, 1.807) is 0 Å². The smallest absolute Gasteiger partial charge is 0.257 e. The van der Waals surface area contributed by atoms with E-state index in [-0.39, 0.29) is 17.4 Å². The number of hydrogen-bond acceptors (Lipinski definition) is 2. The molecule has 0 aliphatic heterocycles. The van der Waals surface area contributed by atoms with Gasteiger partial charge in [-0.1, -0.05) is 18.2 Å². The highest BCUT2D eigenvalue weighted by Crippen LogP contribution is 2.25. The largest absolute Gasteiger partial charge is 0.321 e. The number of halogens is 1. The monoisotopic (exact) mass is 324 g/mol. The van der Waals surface area contributed by atoms with Crippen LogP contribution in [-0.4, -0.2) is 16.4 Å². The number of aromatic nitrogens is 1. The third-order valence-corrected chi connectivity index (χ3v) is 4.07. The Kier molecular flexibility index (Phi) is 3.93. The quantitative estimate of drug-likeness (QED) is 0.763. The summed E-state index contributed by atoms with van der Waals surface area (Å²) in [6, 6.07) is 9.77. The van der Waals surface area contributed by atoms with Crippen molar-refractivity contribution < 1.29 is 14.0 Å². The molecule has 1 heterocycles. The lowest BCUT2D eigenvalue weighted by Crippen LogP contribution is -2.13. The number of para-hydroxylation sites is 1. The molecule has 1 N–H and O–H groups in total. The summed E-state index contributed by atoms with van der Waals surface area (Å²) in [4.78, 5) is 24.5. The molecule has 1 amide bonds. The summed E-state index contributed by atoms with van der Waals surface area (Å²) in [7, 11) is 0. The third-order valence-electron chi connectivity index (χ3n) is 4.07. The second-order valence-corrected chi connectivity index (χ2v) is 5.81. The molecule has 0 saturated carbocycles. The van der Waals surface area contributed by atoms with Crippen molar-refractivity contribution in [3.63, 3.8) is 0 Å². The van der Waals surface area contributed by atoms with Crippen molar-refractivity contribution in [1.29, 1.82) is 0 Å². The van der Waals surface area contributed by atoms with E-state index in [1.807, 2.05) is 32.0 Å². The normalized spacial score (nSPS) is 10.8. The van der Waals surface area contributed by atoms with E-state index in [0.29, 0.717) is 10.9 Å². The van der Waals surface area contributed by atoms with Gasteiger partial charge in [0.2, 0.25) is 5.91 Å². The lowest BCUT2D eigenvalue weighted by atomic mass is 10.1. The first-order valence-corrected chi connectivity index (χ1v) is 7.57. The van der Waals surface area contributed by atoms with Crippen LogP contribution in [0.15, 0.2) is 42.6 Å². The van der Waals surface area contributed by atoms with Crippen LogP contribution < -0.4 is 5.32 Å². The van der Waals surface area contributed by atoms with Crippen LogP contribution in [0.1, 0.15) is 33.2 Å². The highest BCUT2D eigenvalue weighted by atomic mass is 19.1. The molecule has 0 fully saturated rings. The van der Waals surface area contributed by atoms with Crippen LogP contribution in [0.3, 0.4) is 0 Å². The van der Waals surface area contributed by atoms with Gasteiger partial charge in [0.1, 0.15) is 5.82 Å². The average Bonchev–Trinajstić information content (AvgIpc) is 2.90. The summed E-state index contributed by atoms with van der Waals surface area (Å²) < 4.78 is 15.0. The van der Waals surface area contributed by atoms with Gasteiger partial charge in [0.15, 0.2) is 0 Å². The van der Waals surface area contributed by atoms with Crippen molar-refractivity contribution in [2.75, 3.05) is 5.32 Å². The Labute approximate surface area is 138 Å². The Bertz CT molecular complexity index is 953. The molecule has 0 spiro atoms. The SMILES string of the molecule is CC(=O)n1cc(C(=O)Nc2c(C)cccc2C)c2cc(F)ccc21. The first-order valence-electron chi connectivity index (χ1n) is 7.57. The van der Waals surface area contributed by atoms with Crippen LogP contribution in [0, 0.1) is 19.7 Å². The molecule has 24 heavy (non-hydrogen) atoms. The predicted octanol–water partition coefficient (Wildman–Crippen LogP) is 4.31. The van der Waals surface area contributed by atoms with Gasteiger partial charge in [-0.3, -0.25) is 14.2 Å². The van der Waals surface area contributed by atoms with Crippen molar-refractivity contribution in [1.82, 2.24) is 4.57 Å². The molecule has 4 nitrogen and oxygen atoms in total. The van der Waals surface area contributed by atoms with E-state index in [4.69, 9.17) is 0 Å². The first-order chi connectivity index (χ1) is 11.4. The highest BCUT2D eigenvalue weighted by Gasteiger charge is 2.18. The van der Waals surface area contributed by atoms with Crippen molar-refractivity contribution in [3.8, 4) is 0 Å². The number of carbonyl (C=O) groups is 2. The Morgan fingerprint density at radius 2 is 1.75 bits per heavy atom. The zero-order chi connectivity index (χ0) is 17.4. The molecule has 0 aliphatic carbocycles. The van der Waals surface area contributed by atoms with E-state index < -0.39 is 5.82 Å². The molecule has 1 aromatic heterocycles. The Morgan fingerprint density at radius 1 is 1.08 bits per heavy atom. The molecule has 0 aliphatic rings. The fraction of sp³-hybridized carbons (Fsp3) is 0.158. The molecule has 122 valence electrons. The predicted molar refractivity (Wildman–Crippen MR) is 92.1 cm³/mol. The number of aryl methyl sites for hydroxylation is 2. The second-order valence-electron chi connectivity index (χ2n) is 5.81. The van der Waals surface area contributed by atoms with Gasteiger partial charge in [-0.05, 0) is 43.2 Å². The van der Waals surface area contributed by atoms with E-state index in [9.17, 15) is 14.0 Å². The van der Waals surface area contributed by atoms with Gasteiger partial charge >= 0.3 is 0 Å². The van der Waals surface area contributed by atoms with Crippen molar-refractivity contribution in [2.24, 2.45) is 0 Å². The first kappa shape index (κ1) is 15.9. The van der Waals surface area contributed by atoms with Crippen LogP contribution in [0.2, 0.25) is 0 Å². The fourth-order valence-corrected chi connectivity index (χ4v) is 2.84. The molecule has 3 aromatic rings. The second kappa shape index (κ2) is 5.92. The van der Waals surface area contributed by atoms with Gasteiger partial charge < -0.3 is 5.32 Å². The maximum Gasteiger partial charge on any atom is 0.257 e. The van der Waals surface area contributed by atoms with Gasteiger partial charge in [0.05, 0.1) is 11.1 Å². The molecule has 0 unspecified atom stereocenters. The summed E-state index contributed by atoms with van der Waals surface area (Å²) in [5, 5.41) is 3.28. The minimum atomic E-state index is -0.454. The Hall–Kier alpha value is -2.95. The maximum absolute atomic E-state index is 13.6. The van der Waals surface area contributed by atoms with Crippen molar-refractivity contribution in [2.45, 2.75) is 20.8 Å². The number of anilines is 1. The van der Waals surface area contributed by atoms with Crippen LogP contribution >= 0.6 is 0 Å². The number of amides is 1. The topological polar surface area (TPSA) is 51.1 Å². The lowest BCUT2D eigenvalue weighted by Gasteiger charge is -2.11. The van der Waals surface area contributed by atoms with Gasteiger partial charge in [-0.15, -0.1) is 0 Å². The third kappa shape index (κ3) is 2.69. The van der Waals surface area contributed by atoms with Crippen LogP contribution in [-0.2, 0) is 0 Å².